The van der Waals surface area contributed by atoms with Gasteiger partial charge < -0.3 is 0 Å². The SMILES string of the molecule is O=C(Nc1nc(-c2ccc([N+](=O)[O-])cc2)cs1)c1ccccc1F. The second-order valence-corrected chi connectivity index (χ2v) is 5.63. The van der Waals surface area contributed by atoms with Crippen LogP contribution in [0.4, 0.5) is 15.2 Å². The molecular formula is C16H10FN3O3S. The van der Waals surface area contributed by atoms with E-state index in [0.717, 1.165) is 0 Å². The van der Waals surface area contributed by atoms with Crippen LogP contribution >= 0.6 is 11.3 Å². The van der Waals surface area contributed by atoms with Crippen LogP contribution in [0.3, 0.4) is 0 Å². The number of anilines is 1. The minimum absolute atomic E-state index is 0.0120. The predicted molar refractivity (Wildman–Crippen MR) is 88.6 cm³/mol. The molecule has 0 radical (unpaired) electrons. The van der Waals surface area contributed by atoms with E-state index in [-0.39, 0.29) is 11.3 Å². The Morgan fingerprint density at radius 1 is 1.17 bits per heavy atom. The molecule has 8 heteroatoms. The molecule has 1 heterocycles. The Kier molecular flexibility index (Phi) is 4.30. The molecule has 0 aliphatic rings. The molecule has 1 amide bonds. The molecule has 0 bridgehead atoms. The number of benzene rings is 2. The Morgan fingerprint density at radius 2 is 1.88 bits per heavy atom. The molecule has 0 spiro atoms. The van der Waals surface area contributed by atoms with Gasteiger partial charge >= 0.3 is 0 Å². The summed E-state index contributed by atoms with van der Waals surface area (Å²) >= 11 is 1.18. The molecule has 0 atom stereocenters. The van der Waals surface area contributed by atoms with Crippen LogP contribution < -0.4 is 5.32 Å². The highest BCUT2D eigenvalue weighted by Crippen LogP contribution is 2.26. The molecule has 1 aromatic heterocycles. The van der Waals surface area contributed by atoms with Gasteiger partial charge in [-0.25, -0.2) is 9.37 Å². The molecular weight excluding hydrogens is 333 g/mol. The first-order chi connectivity index (χ1) is 11.5. The summed E-state index contributed by atoms with van der Waals surface area (Å²) in [7, 11) is 0. The van der Waals surface area contributed by atoms with E-state index >= 15 is 0 Å². The Morgan fingerprint density at radius 3 is 2.54 bits per heavy atom. The fraction of sp³-hybridized carbons (Fsp3) is 0. The molecule has 0 saturated heterocycles. The van der Waals surface area contributed by atoms with Crippen molar-refractivity contribution in [1.29, 1.82) is 0 Å². The molecule has 0 aliphatic carbocycles. The minimum Gasteiger partial charge on any atom is -0.298 e. The average Bonchev–Trinajstić information content (AvgIpc) is 3.03. The van der Waals surface area contributed by atoms with Crippen molar-refractivity contribution in [2.24, 2.45) is 0 Å². The minimum atomic E-state index is -0.609. The van der Waals surface area contributed by atoms with Crippen molar-refractivity contribution >= 4 is 28.1 Å². The lowest BCUT2D eigenvalue weighted by molar-refractivity contribution is -0.384. The van der Waals surface area contributed by atoms with Crippen molar-refractivity contribution in [3.8, 4) is 11.3 Å². The molecule has 6 nitrogen and oxygen atoms in total. The van der Waals surface area contributed by atoms with Crippen molar-refractivity contribution < 1.29 is 14.1 Å². The Hall–Kier alpha value is -3.13. The fourth-order valence-electron chi connectivity index (χ4n) is 2.03. The number of amides is 1. The van der Waals surface area contributed by atoms with Gasteiger partial charge in [0.05, 0.1) is 16.2 Å². The van der Waals surface area contributed by atoms with E-state index in [1.165, 1.54) is 41.7 Å². The van der Waals surface area contributed by atoms with Gasteiger partial charge in [-0.3, -0.25) is 20.2 Å². The van der Waals surface area contributed by atoms with E-state index in [1.807, 2.05) is 0 Å². The van der Waals surface area contributed by atoms with Gasteiger partial charge in [0.2, 0.25) is 0 Å². The highest BCUT2D eigenvalue weighted by atomic mass is 32.1. The van der Waals surface area contributed by atoms with Crippen molar-refractivity contribution in [2.75, 3.05) is 5.32 Å². The normalized spacial score (nSPS) is 10.4. The summed E-state index contributed by atoms with van der Waals surface area (Å²) in [5.41, 5.74) is 1.17. The van der Waals surface area contributed by atoms with Crippen LogP contribution in [0.1, 0.15) is 10.4 Å². The van der Waals surface area contributed by atoms with Gasteiger partial charge in [0.25, 0.3) is 11.6 Å². The number of hydrogen-bond acceptors (Lipinski definition) is 5. The summed E-state index contributed by atoms with van der Waals surface area (Å²) in [4.78, 5) is 26.5. The van der Waals surface area contributed by atoms with Gasteiger partial charge in [0.15, 0.2) is 5.13 Å². The largest absolute Gasteiger partial charge is 0.298 e. The maximum atomic E-state index is 13.6. The monoisotopic (exact) mass is 343 g/mol. The number of nitrogens with one attached hydrogen (secondary N) is 1. The standard InChI is InChI=1S/C16H10FN3O3S/c17-13-4-2-1-3-12(13)15(21)19-16-18-14(9-24-16)10-5-7-11(8-6-10)20(22)23/h1-9H,(H,18,19,21). The Labute approximate surface area is 139 Å². The molecule has 0 fully saturated rings. The molecule has 120 valence electrons. The topological polar surface area (TPSA) is 85.1 Å². The number of rotatable bonds is 4. The van der Waals surface area contributed by atoms with Crippen LogP contribution in [0.5, 0.6) is 0 Å². The number of carbonyl (C=O) groups excluding carboxylic acids is 1. The van der Waals surface area contributed by atoms with Crippen molar-refractivity contribution in [3.05, 3.63) is 75.4 Å². The number of nitro groups is 1. The highest BCUT2D eigenvalue weighted by Gasteiger charge is 2.14. The third-order valence-corrected chi connectivity index (χ3v) is 3.97. The lowest BCUT2D eigenvalue weighted by Crippen LogP contribution is -2.13. The number of hydrogen-bond donors (Lipinski definition) is 1. The molecule has 3 rings (SSSR count). The van der Waals surface area contributed by atoms with Gasteiger partial charge in [0, 0.05) is 23.1 Å². The summed E-state index contributed by atoms with van der Waals surface area (Å²) < 4.78 is 13.6. The molecule has 1 N–H and O–H groups in total. The number of thiazole rings is 1. The van der Waals surface area contributed by atoms with E-state index in [2.05, 4.69) is 10.3 Å². The second kappa shape index (κ2) is 6.55. The number of nitro benzene ring substituents is 1. The van der Waals surface area contributed by atoms with Crippen LogP contribution in [-0.2, 0) is 0 Å². The first-order valence-corrected chi connectivity index (χ1v) is 7.69. The maximum Gasteiger partial charge on any atom is 0.269 e. The Balaban J connectivity index is 1.77. The summed E-state index contributed by atoms with van der Waals surface area (Å²) in [6.45, 7) is 0. The lowest BCUT2D eigenvalue weighted by Gasteiger charge is -2.02. The molecule has 0 aliphatic heterocycles. The van der Waals surface area contributed by atoms with Crippen LogP contribution in [0.15, 0.2) is 53.9 Å². The quantitative estimate of drug-likeness (QED) is 0.570. The molecule has 2 aromatic carbocycles. The van der Waals surface area contributed by atoms with Gasteiger partial charge in [-0.05, 0) is 24.3 Å². The number of halogens is 1. The number of aromatic nitrogens is 1. The summed E-state index contributed by atoms with van der Waals surface area (Å²) in [5.74, 6) is -1.19. The van der Waals surface area contributed by atoms with Crippen molar-refractivity contribution in [2.45, 2.75) is 0 Å². The molecule has 0 unspecified atom stereocenters. The third kappa shape index (κ3) is 3.28. The van der Waals surface area contributed by atoms with Gasteiger partial charge in [-0.1, -0.05) is 12.1 Å². The number of non-ortho nitro benzene ring substituents is 1. The molecule has 24 heavy (non-hydrogen) atoms. The number of carbonyl (C=O) groups is 1. The van der Waals surface area contributed by atoms with Gasteiger partial charge in [-0.15, -0.1) is 11.3 Å². The van der Waals surface area contributed by atoms with E-state index < -0.39 is 16.6 Å². The van der Waals surface area contributed by atoms with Crippen molar-refractivity contribution in [3.63, 3.8) is 0 Å². The molecule has 3 aromatic rings. The summed E-state index contributed by atoms with van der Waals surface area (Å²) in [6, 6.07) is 11.6. The molecule has 0 saturated carbocycles. The van der Waals surface area contributed by atoms with Crippen LogP contribution in [0.25, 0.3) is 11.3 Å². The fourth-order valence-corrected chi connectivity index (χ4v) is 2.74. The lowest BCUT2D eigenvalue weighted by atomic mass is 10.1. The van der Waals surface area contributed by atoms with E-state index in [0.29, 0.717) is 16.4 Å². The van der Waals surface area contributed by atoms with Crippen LogP contribution in [-0.4, -0.2) is 15.8 Å². The van der Waals surface area contributed by atoms with E-state index in [4.69, 9.17) is 0 Å². The van der Waals surface area contributed by atoms with E-state index in [1.54, 1.807) is 23.6 Å². The zero-order valence-corrected chi connectivity index (χ0v) is 12.9. The average molecular weight is 343 g/mol. The zero-order chi connectivity index (χ0) is 17.1. The summed E-state index contributed by atoms with van der Waals surface area (Å²) in [6.07, 6.45) is 0. The smallest absolute Gasteiger partial charge is 0.269 e. The number of nitrogens with zero attached hydrogens (tertiary/aromatic N) is 2. The van der Waals surface area contributed by atoms with Crippen molar-refractivity contribution in [1.82, 2.24) is 4.98 Å². The Bertz CT molecular complexity index is 909. The second-order valence-electron chi connectivity index (χ2n) is 4.78. The van der Waals surface area contributed by atoms with Crippen LogP contribution in [0.2, 0.25) is 0 Å². The van der Waals surface area contributed by atoms with Gasteiger partial charge in [-0.2, -0.15) is 0 Å². The first kappa shape index (κ1) is 15.8. The first-order valence-electron chi connectivity index (χ1n) is 6.81. The predicted octanol–water partition coefficient (Wildman–Crippen LogP) is 4.11. The van der Waals surface area contributed by atoms with Crippen LogP contribution in [0, 0.1) is 15.9 Å². The highest BCUT2D eigenvalue weighted by molar-refractivity contribution is 7.14. The summed E-state index contributed by atoms with van der Waals surface area (Å²) in [5, 5.41) is 15.2. The third-order valence-electron chi connectivity index (χ3n) is 3.22. The maximum absolute atomic E-state index is 13.6. The van der Waals surface area contributed by atoms with E-state index in [9.17, 15) is 19.3 Å². The zero-order valence-electron chi connectivity index (χ0n) is 12.1. The van der Waals surface area contributed by atoms with Gasteiger partial charge in [0.1, 0.15) is 5.82 Å².